The molecule has 6 atom stereocenters. The number of nitrogens with one attached hydrogen (secondary N) is 6. The third kappa shape index (κ3) is 20.6. The van der Waals surface area contributed by atoms with Crippen LogP contribution in [-0.2, 0) is 74.5 Å². The minimum atomic E-state index is -4.68. The molecule has 34 heteroatoms. The van der Waals surface area contributed by atoms with Gasteiger partial charge in [-0.1, -0.05) is 81.9 Å². The molecule has 6 aromatic rings. The number of unbranched alkanes of at least 4 members (excludes halogenated alkanes) is 2. The van der Waals surface area contributed by atoms with Gasteiger partial charge >= 0.3 is 24.1 Å². The maximum Gasteiger partial charge on any atom is 0.408 e. The number of thiazole rings is 1. The molecule has 4 saturated carbocycles. The second-order valence-corrected chi connectivity index (χ2v) is 33.6. The number of anilines is 3. The molecule has 3 aromatic heterocycles. The number of rotatable bonds is 36. The molecule has 0 radical (unpaired) electrons. The Labute approximate surface area is 645 Å². The van der Waals surface area contributed by atoms with E-state index in [2.05, 4.69) is 50.7 Å². The number of urea groups is 1. The summed E-state index contributed by atoms with van der Waals surface area (Å²) in [6.45, 7) is 10.1. The average Bonchev–Trinajstić information content (AvgIpc) is 0.974. The molecule has 2 aliphatic heterocycles. The van der Waals surface area contributed by atoms with Gasteiger partial charge in [0.2, 0.25) is 29.5 Å². The second-order valence-electron chi connectivity index (χ2n) is 31.0. The van der Waals surface area contributed by atoms with Crippen LogP contribution in [-0.4, -0.2) is 192 Å². The number of aromatic carboxylic acids is 1. The zero-order valence-corrected chi connectivity index (χ0v) is 64.3. The highest BCUT2D eigenvalue weighted by molar-refractivity contribution is 7.85. The van der Waals surface area contributed by atoms with E-state index in [0.29, 0.717) is 104 Å². The van der Waals surface area contributed by atoms with Crippen molar-refractivity contribution in [3.05, 3.63) is 131 Å². The van der Waals surface area contributed by atoms with Crippen LogP contribution in [0.4, 0.5) is 26.2 Å². The molecule has 32 nitrogen and oxygen atoms in total. The number of aliphatic hydroxyl groups excluding tert-OH is 1. The standard InChI is InChI=1S/C77H96N14O18S2/c1-46(2)64(86-60(92)18-7-6-10-29-90-61(93)25-26-62(90)94)68(99)82-56(16-12-28-79-71(78)103)67(98)81-50-21-19-48(20-22-50)38-108-73(104)84-57(35-63(95)96)69(100)88(32-34-111(105,106)107)31-33-109-77-42-74(4)39-75(5,43-77)41-76(40-74,44-77)45-91-47(3)53(36-80-91)51-23-24-59(85-65(51)70(101)102)89-30-27-49-13-11-14-52(54(49)37-89)66(97)87-72-83-55-15-8-9-17-58(55)110-72/h8-9,11,13-15,17,19-26,36,46,56-57,61,64,93H,6-7,10,12,16,18,27-35,37-45H2,1-5H3,(H,81,98)(H,82,99)(H,84,104)(H,86,92)(H,95,96)(H,101,102)(H3,78,79,103)(H,83,87,97)(H,105,106,107)/t56-,57+,61?,64-,74?,75?,76?,77?/m0/s1. The lowest BCUT2D eigenvalue weighted by atomic mass is 9.39. The minimum Gasteiger partial charge on any atom is -0.481 e. The highest BCUT2D eigenvalue weighted by Crippen LogP contribution is 2.72. The van der Waals surface area contributed by atoms with Crippen LogP contribution in [0.1, 0.15) is 154 Å². The van der Waals surface area contributed by atoms with E-state index < -0.39 is 119 Å². The molecule has 3 aromatic carbocycles. The molecule has 4 aliphatic carbocycles. The van der Waals surface area contributed by atoms with Crippen LogP contribution < -0.4 is 42.5 Å². The van der Waals surface area contributed by atoms with Gasteiger partial charge in [-0.3, -0.25) is 48.1 Å². The number of carbonyl (C=O) groups is 10. The fraction of sp³-hybridized carbons (Fsp3) is 0.494. The van der Waals surface area contributed by atoms with Crippen molar-refractivity contribution in [2.45, 2.75) is 174 Å². The molecule has 4 fully saturated rings. The first-order chi connectivity index (χ1) is 52.7. The highest BCUT2D eigenvalue weighted by atomic mass is 32.2. The van der Waals surface area contributed by atoms with E-state index in [0.717, 1.165) is 51.2 Å². The molecule has 0 spiro atoms. The number of aliphatic hydroxyl groups is 1. The number of pyridine rings is 1. The second kappa shape index (κ2) is 34.5. The first kappa shape index (κ1) is 81.6. The number of nitrogens with two attached hydrogens (primary N) is 1. The summed E-state index contributed by atoms with van der Waals surface area (Å²) in [6.07, 6.45) is 8.16. The van der Waals surface area contributed by atoms with E-state index in [1.165, 1.54) is 52.7 Å². The van der Waals surface area contributed by atoms with Crippen molar-refractivity contribution < 1.29 is 85.7 Å². The number of aromatic nitrogens is 4. The van der Waals surface area contributed by atoms with Crippen molar-refractivity contribution >= 4 is 108 Å². The van der Waals surface area contributed by atoms with Crippen molar-refractivity contribution in [3.8, 4) is 11.1 Å². The van der Waals surface area contributed by atoms with Crippen LogP contribution in [0.15, 0.2) is 97.2 Å². The van der Waals surface area contributed by atoms with Gasteiger partial charge in [-0.15, -0.1) is 0 Å². The van der Waals surface area contributed by atoms with Gasteiger partial charge in [0, 0.05) is 86.4 Å². The number of carboxylic acid groups (broad SMARTS) is 2. The Balaban J connectivity index is 0.698. The number of ether oxygens (including phenoxy) is 2. The van der Waals surface area contributed by atoms with Crippen LogP contribution in [0.25, 0.3) is 21.3 Å². The van der Waals surface area contributed by atoms with E-state index in [9.17, 15) is 76.2 Å². The van der Waals surface area contributed by atoms with Gasteiger partial charge in [0.1, 0.15) is 36.8 Å². The third-order valence-electron chi connectivity index (χ3n) is 21.4. The summed E-state index contributed by atoms with van der Waals surface area (Å²) in [5.41, 5.74) is 8.98. The number of para-hydroxylation sites is 1. The third-order valence-corrected chi connectivity index (χ3v) is 23.1. The fourth-order valence-corrected chi connectivity index (χ4v) is 18.8. The van der Waals surface area contributed by atoms with Gasteiger partial charge in [-0.05, 0) is 165 Å². The van der Waals surface area contributed by atoms with Crippen LogP contribution in [0.2, 0.25) is 0 Å². The Morgan fingerprint density at radius 3 is 2.24 bits per heavy atom. The van der Waals surface area contributed by atoms with Crippen LogP contribution in [0.3, 0.4) is 0 Å². The molecular weight excluding hydrogens is 1470 g/mol. The molecule has 5 heterocycles. The van der Waals surface area contributed by atoms with Gasteiger partial charge in [0.15, 0.2) is 10.8 Å². The van der Waals surface area contributed by atoms with E-state index in [1.807, 2.05) is 52.9 Å². The molecule has 6 aliphatic rings. The molecule has 4 bridgehead atoms. The van der Waals surface area contributed by atoms with Crippen molar-refractivity contribution in [3.63, 3.8) is 0 Å². The van der Waals surface area contributed by atoms with Crippen LogP contribution in [0, 0.1) is 29.1 Å². The first-order valence-electron chi connectivity index (χ1n) is 37.2. The summed E-state index contributed by atoms with van der Waals surface area (Å²) in [5, 5.41) is 52.1. The zero-order valence-electron chi connectivity index (χ0n) is 62.6. The smallest absolute Gasteiger partial charge is 0.408 e. The quantitative estimate of drug-likeness (QED) is 0.0136. The van der Waals surface area contributed by atoms with Crippen molar-refractivity contribution in [1.29, 1.82) is 0 Å². The van der Waals surface area contributed by atoms with E-state index in [1.54, 1.807) is 38.2 Å². The number of aliphatic carboxylic acids is 1. The van der Waals surface area contributed by atoms with Gasteiger partial charge in [-0.2, -0.15) is 13.5 Å². The Kier molecular flexibility index (Phi) is 25.3. The van der Waals surface area contributed by atoms with E-state index >= 15 is 0 Å². The zero-order chi connectivity index (χ0) is 79.7. The largest absolute Gasteiger partial charge is 0.481 e. The van der Waals surface area contributed by atoms with Gasteiger partial charge in [0.25, 0.3) is 16.0 Å². The predicted molar refractivity (Wildman–Crippen MR) is 409 cm³/mol. The Bertz CT molecular complexity index is 4630. The molecule has 111 heavy (non-hydrogen) atoms. The Morgan fingerprint density at radius 1 is 0.811 bits per heavy atom. The van der Waals surface area contributed by atoms with Gasteiger partial charge in [0.05, 0.1) is 40.8 Å². The number of carbonyl (C=O) groups excluding carboxylic acids is 8. The molecule has 3 unspecified atom stereocenters. The van der Waals surface area contributed by atoms with Gasteiger partial charge < -0.3 is 71.8 Å². The number of hydrogen-bond donors (Lipinski definition) is 11. The number of alkyl carbamates (subject to hydrolysis) is 1. The number of primary amides is 1. The Hall–Kier alpha value is -10.4. The van der Waals surface area contributed by atoms with Gasteiger partial charge in [-0.25, -0.2) is 24.4 Å². The van der Waals surface area contributed by atoms with E-state index in [4.69, 9.17) is 25.3 Å². The average molecular weight is 1570 g/mol. The maximum absolute atomic E-state index is 14.5. The highest BCUT2D eigenvalue weighted by Gasteiger charge is 2.66. The number of carboxylic acids is 2. The molecule has 594 valence electrons. The first-order valence-corrected chi connectivity index (χ1v) is 39.6. The topological polar surface area (TPSA) is 456 Å². The molecular formula is C77H96N14O18S2. The Morgan fingerprint density at radius 2 is 1.56 bits per heavy atom. The van der Waals surface area contributed by atoms with Crippen LogP contribution in [0.5, 0.6) is 0 Å². The molecule has 0 saturated heterocycles. The normalized spacial score (nSPS) is 21.1. The maximum atomic E-state index is 14.5. The summed E-state index contributed by atoms with van der Waals surface area (Å²) < 4.78 is 49.6. The fourth-order valence-electron chi connectivity index (χ4n) is 17.5. The van der Waals surface area contributed by atoms with Crippen LogP contribution >= 0.6 is 11.3 Å². The number of hydrogen-bond acceptors (Lipinski definition) is 20. The summed E-state index contributed by atoms with van der Waals surface area (Å²) in [5.74, 6) is -6.88. The summed E-state index contributed by atoms with van der Waals surface area (Å²) in [4.78, 5) is 145. The number of amides is 9. The summed E-state index contributed by atoms with van der Waals surface area (Å²) in [6, 6.07) is 18.0. The molecule has 12 N–H and O–H groups in total. The van der Waals surface area contributed by atoms with Crippen molar-refractivity contribution in [2.75, 3.05) is 60.6 Å². The lowest BCUT2D eigenvalue weighted by Crippen LogP contribution is -2.64. The molecule has 9 amide bonds. The minimum absolute atomic E-state index is 0.0362. The summed E-state index contributed by atoms with van der Waals surface area (Å²) >= 11 is 1.38. The number of fused-ring (bicyclic) bond motifs is 2. The van der Waals surface area contributed by atoms with E-state index in [-0.39, 0.29) is 78.4 Å². The number of benzene rings is 3. The number of nitrogens with zero attached hydrogens (tertiary/aromatic N) is 7. The monoisotopic (exact) mass is 1570 g/mol. The lowest BCUT2D eigenvalue weighted by Gasteiger charge is -2.69. The molecule has 12 rings (SSSR count). The lowest BCUT2D eigenvalue weighted by molar-refractivity contribution is -0.248. The predicted octanol–water partition coefficient (Wildman–Crippen LogP) is 7.29. The summed E-state index contributed by atoms with van der Waals surface area (Å²) in [7, 11) is -4.68. The SMILES string of the molecule is Cc1c(-c2ccc(N3CCc4cccc(C(=O)Nc5nc6ccccc6s5)c4C3)nc2C(=O)O)cnn1CC12CC3(C)CC(C)(C1)CC(OCCN(CCS(=O)(=O)O)C(=O)[C@@H](CC(=O)O)NC(=O)OCc1ccc(NC(=O)[C@H](CCCNC(N)=O)NC(=O)[C@@H](NC(=O)CCCCCN4C(=O)C=CC4O)C(C)C)cc1)(C3)C2. The van der Waals surface area contributed by atoms with Crippen molar-refractivity contribution in [2.24, 2.45) is 27.9 Å². The van der Waals surface area contributed by atoms with Crippen molar-refractivity contribution in [1.82, 2.24) is 50.8 Å².